The SMILES string of the molecule is C[NH+](C)CCCN(C(=O)c1cc2ccccc2oc1=O)c1nc2ccccc2s1. The van der Waals surface area contributed by atoms with Gasteiger partial charge in [0, 0.05) is 18.4 Å². The number of fused-ring (bicyclic) bond motifs is 2. The van der Waals surface area contributed by atoms with Crippen molar-refractivity contribution in [3.8, 4) is 0 Å². The van der Waals surface area contributed by atoms with E-state index in [0.29, 0.717) is 17.3 Å². The Morgan fingerprint density at radius 3 is 2.69 bits per heavy atom. The number of para-hydroxylation sites is 2. The standard InChI is InChI=1S/C22H21N3O3S/c1-24(2)12-7-13-25(22-23-17-9-4-6-11-19(17)29-22)20(26)16-14-15-8-3-5-10-18(15)28-21(16)27/h3-6,8-11,14H,7,12-13H2,1-2H3/p+1. The van der Waals surface area contributed by atoms with Crippen LogP contribution in [0.1, 0.15) is 16.8 Å². The molecule has 6 nitrogen and oxygen atoms in total. The first-order chi connectivity index (χ1) is 14.0. The third kappa shape index (κ3) is 4.06. The van der Waals surface area contributed by atoms with Gasteiger partial charge in [-0.25, -0.2) is 9.78 Å². The molecule has 0 saturated carbocycles. The Hall–Kier alpha value is -3.03. The molecule has 0 spiro atoms. The molecule has 29 heavy (non-hydrogen) atoms. The number of carbonyl (C=O) groups excluding carboxylic acids is 1. The molecule has 4 rings (SSSR count). The van der Waals surface area contributed by atoms with Gasteiger partial charge in [0.15, 0.2) is 5.13 Å². The molecular formula is C22H22N3O3S+. The van der Waals surface area contributed by atoms with Crippen molar-refractivity contribution < 1.29 is 14.1 Å². The van der Waals surface area contributed by atoms with Gasteiger partial charge in [-0.1, -0.05) is 41.7 Å². The highest BCUT2D eigenvalue weighted by molar-refractivity contribution is 7.22. The summed E-state index contributed by atoms with van der Waals surface area (Å²) in [6.07, 6.45) is 0.795. The highest BCUT2D eigenvalue weighted by Gasteiger charge is 2.24. The lowest BCUT2D eigenvalue weighted by Crippen LogP contribution is -3.05. The topological polar surface area (TPSA) is 67.8 Å². The lowest BCUT2D eigenvalue weighted by molar-refractivity contribution is -0.858. The average Bonchev–Trinajstić information content (AvgIpc) is 3.14. The zero-order chi connectivity index (χ0) is 20.4. The molecule has 0 atom stereocenters. The van der Waals surface area contributed by atoms with Crippen LogP contribution in [0.5, 0.6) is 0 Å². The van der Waals surface area contributed by atoms with Crippen molar-refractivity contribution in [2.45, 2.75) is 6.42 Å². The molecule has 0 saturated heterocycles. The van der Waals surface area contributed by atoms with Gasteiger partial charge < -0.3 is 9.32 Å². The summed E-state index contributed by atoms with van der Waals surface area (Å²) in [5.74, 6) is -0.377. The molecule has 2 heterocycles. The van der Waals surface area contributed by atoms with Crippen molar-refractivity contribution in [1.29, 1.82) is 0 Å². The summed E-state index contributed by atoms with van der Waals surface area (Å²) >= 11 is 1.45. The maximum Gasteiger partial charge on any atom is 0.349 e. The van der Waals surface area contributed by atoms with Crippen molar-refractivity contribution in [2.75, 3.05) is 32.1 Å². The van der Waals surface area contributed by atoms with Crippen LogP contribution in [0, 0.1) is 0 Å². The minimum absolute atomic E-state index is 0.0279. The molecular weight excluding hydrogens is 386 g/mol. The summed E-state index contributed by atoms with van der Waals surface area (Å²) in [6.45, 7) is 1.39. The fraction of sp³-hybridized carbons (Fsp3) is 0.227. The van der Waals surface area contributed by atoms with Gasteiger partial charge in [-0.15, -0.1) is 0 Å². The first kappa shape index (κ1) is 19.3. The Morgan fingerprint density at radius 1 is 1.14 bits per heavy atom. The van der Waals surface area contributed by atoms with E-state index in [2.05, 4.69) is 19.1 Å². The molecule has 0 bridgehead atoms. The van der Waals surface area contributed by atoms with E-state index in [1.54, 1.807) is 23.1 Å². The van der Waals surface area contributed by atoms with Crippen LogP contribution in [0.25, 0.3) is 21.2 Å². The maximum absolute atomic E-state index is 13.4. The van der Waals surface area contributed by atoms with E-state index in [-0.39, 0.29) is 11.5 Å². The van der Waals surface area contributed by atoms with E-state index >= 15 is 0 Å². The molecule has 2 aromatic carbocycles. The van der Waals surface area contributed by atoms with E-state index in [1.807, 2.05) is 36.4 Å². The summed E-state index contributed by atoms with van der Waals surface area (Å²) in [5.41, 5.74) is 0.712. The molecule has 2 aromatic heterocycles. The Balaban J connectivity index is 1.74. The zero-order valence-corrected chi connectivity index (χ0v) is 17.2. The van der Waals surface area contributed by atoms with E-state index in [0.717, 1.165) is 28.6 Å². The Morgan fingerprint density at radius 2 is 1.90 bits per heavy atom. The number of rotatable bonds is 6. The Bertz CT molecular complexity index is 1200. The number of carbonyl (C=O) groups is 1. The minimum atomic E-state index is -0.627. The first-order valence-electron chi connectivity index (χ1n) is 9.52. The van der Waals surface area contributed by atoms with Gasteiger partial charge in [-0.05, 0) is 24.3 Å². The molecule has 0 aliphatic heterocycles. The molecule has 0 unspecified atom stereocenters. The van der Waals surface area contributed by atoms with E-state index in [1.165, 1.54) is 16.2 Å². The molecule has 148 valence electrons. The average molecular weight is 409 g/mol. The number of aromatic nitrogens is 1. The van der Waals surface area contributed by atoms with Crippen LogP contribution in [-0.4, -0.2) is 38.1 Å². The largest absolute Gasteiger partial charge is 0.422 e. The Labute approximate surface area is 172 Å². The van der Waals surface area contributed by atoms with Crippen LogP contribution in [0.3, 0.4) is 0 Å². The molecule has 0 aliphatic carbocycles. The van der Waals surface area contributed by atoms with Gasteiger partial charge in [0.05, 0.1) is 30.9 Å². The summed E-state index contributed by atoms with van der Waals surface area (Å²) in [6, 6.07) is 16.6. The van der Waals surface area contributed by atoms with Gasteiger partial charge in [0.1, 0.15) is 11.1 Å². The molecule has 0 radical (unpaired) electrons. The van der Waals surface area contributed by atoms with Crippen molar-refractivity contribution in [2.24, 2.45) is 0 Å². The van der Waals surface area contributed by atoms with Crippen LogP contribution >= 0.6 is 11.3 Å². The third-order valence-electron chi connectivity index (χ3n) is 4.69. The van der Waals surface area contributed by atoms with Crippen molar-refractivity contribution >= 4 is 43.6 Å². The highest BCUT2D eigenvalue weighted by Crippen LogP contribution is 2.29. The van der Waals surface area contributed by atoms with E-state index in [9.17, 15) is 9.59 Å². The minimum Gasteiger partial charge on any atom is -0.422 e. The lowest BCUT2D eigenvalue weighted by atomic mass is 10.1. The summed E-state index contributed by atoms with van der Waals surface area (Å²) in [7, 11) is 4.14. The molecule has 4 aromatic rings. The maximum atomic E-state index is 13.4. The number of benzene rings is 2. The third-order valence-corrected chi connectivity index (χ3v) is 5.75. The second kappa shape index (κ2) is 8.14. The highest BCUT2D eigenvalue weighted by atomic mass is 32.1. The van der Waals surface area contributed by atoms with Crippen LogP contribution in [0.15, 0.2) is 63.8 Å². The smallest absolute Gasteiger partial charge is 0.349 e. The Kier molecular flexibility index (Phi) is 5.42. The van der Waals surface area contributed by atoms with E-state index < -0.39 is 5.63 Å². The van der Waals surface area contributed by atoms with E-state index in [4.69, 9.17) is 4.42 Å². The summed E-state index contributed by atoms with van der Waals surface area (Å²) in [4.78, 5) is 33.5. The van der Waals surface area contributed by atoms with Crippen LogP contribution in [-0.2, 0) is 0 Å². The number of thiazole rings is 1. The number of anilines is 1. The number of quaternary nitrogens is 1. The van der Waals surface area contributed by atoms with Crippen molar-refractivity contribution in [1.82, 2.24) is 4.98 Å². The quantitative estimate of drug-likeness (QED) is 0.498. The predicted octanol–water partition coefficient (Wildman–Crippen LogP) is 2.58. The van der Waals surface area contributed by atoms with Crippen LogP contribution in [0.4, 0.5) is 5.13 Å². The first-order valence-corrected chi connectivity index (χ1v) is 10.3. The molecule has 0 aliphatic rings. The second-order valence-electron chi connectivity index (χ2n) is 7.22. The number of hydrogen-bond donors (Lipinski definition) is 1. The number of nitrogens with zero attached hydrogens (tertiary/aromatic N) is 2. The van der Waals surface area contributed by atoms with Gasteiger partial charge in [0.2, 0.25) is 0 Å². The van der Waals surface area contributed by atoms with Gasteiger partial charge in [-0.2, -0.15) is 0 Å². The number of nitrogens with one attached hydrogen (secondary N) is 1. The van der Waals surface area contributed by atoms with Crippen LogP contribution < -0.4 is 15.4 Å². The molecule has 7 heteroatoms. The lowest BCUT2D eigenvalue weighted by Gasteiger charge is -2.20. The molecule has 1 N–H and O–H groups in total. The summed E-state index contributed by atoms with van der Waals surface area (Å²) in [5, 5.41) is 1.31. The van der Waals surface area contributed by atoms with Gasteiger partial charge >= 0.3 is 5.63 Å². The van der Waals surface area contributed by atoms with Gasteiger partial charge in [-0.3, -0.25) is 9.69 Å². The molecule has 0 fully saturated rings. The zero-order valence-electron chi connectivity index (χ0n) is 16.3. The fourth-order valence-electron chi connectivity index (χ4n) is 3.21. The van der Waals surface area contributed by atoms with Crippen LogP contribution in [0.2, 0.25) is 0 Å². The van der Waals surface area contributed by atoms with Gasteiger partial charge in [0.25, 0.3) is 5.91 Å². The fourth-order valence-corrected chi connectivity index (χ4v) is 4.20. The second-order valence-corrected chi connectivity index (χ2v) is 8.23. The monoisotopic (exact) mass is 408 g/mol. The predicted molar refractivity (Wildman–Crippen MR) is 116 cm³/mol. The van der Waals surface area contributed by atoms with Crippen molar-refractivity contribution in [3.05, 3.63) is 70.6 Å². The van der Waals surface area contributed by atoms with Crippen molar-refractivity contribution in [3.63, 3.8) is 0 Å². The summed E-state index contributed by atoms with van der Waals surface area (Å²) < 4.78 is 6.38. The number of hydrogen-bond acceptors (Lipinski definition) is 5. The molecule has 1 amide bonds. The number of amides is 1. The normalized spacial score (nSPS) is 11.4.